The van der Waals surface area contributed by atoms with Crippen molar-refractivity contribution >= 4 is 21.9 Å². The van der Waals surface area contributed by atoms with Gasteiger partial charge < -0.3 is 4.90 Å². The molecule has 0 bridgehead atoms. The molecule has 3 nitrogen and oxygen atoms in total. The molecule has 7 heteroatoms. The van der Waals surface area contributed by atoms with Crippen molar-refractivity contribution in [3.8, 4) is 0 Å². The van der Waals surface area contributed by atoms with E-state index >= 15 is 0 Å². The molecule has 0 fully saturated rings. The van der Waals surface area contributed by atoms with E-state index in [9.17, 15) is 13.2 Å². The van der Waals surface area contributed by atoms with Crippen LogP contribution in [0.2, 0.25) is 0 Å². The summed E-state index contributed by atoms with van der Waals surface area (Å²) in [7, 11) is 0. The van der Waals surface area contributed by atoms with E-state index in [1.807, 2.05) is 6.92 Å². The van der Waals surface area contributed by atoms with Gasteiger partial charge in [0.15, 0.2) is 0 Å². The first-order chi connectivity index (χ1) is 7.96. The Kier molecular flexibility index (Phi) is 5.17. The minimum Gasteiger partial charge on any atom is -0.332 e. The van der Waals surface area contributed by atoms with Gasteiger partial charge >= 0.3 is 6.18 Å². The van der Waals surface area contributed by atoms with Gasteiger partial charge in [-0.25, -0.2) is 9.97 Å². The van der Waals surface area contributed by atoms with E-state index in [4.69, 9.17) is 0 Å². The molecule has 17 heavy (non-hydrogen) atoms. The standard InChI is InChI=1S/C10H13BrF3N3/c1-2-3-17(7-10(12,13)14)9-15-5-8(4-11)6-16-9/h5-6H,2-4,7H2,1H3. The fraction of sp³-hybridized carbons (Fsp3) is 0.600. The molecule has 96 valence electrons. The Morgan fingerprint density at radius 2 is 1.88 bits per heavy atom. The molecule has 0 saturated carbocycles. The first-order valence-corrected chi connectivity index (χ1v) is 6.27. The van der Waals surface area contributed by atoms with Crippen LogP contribution in [0.25, 0.3) is 0 Å². The molecule has 1 rings (SSSR count). The van der Waals surface area contributed by atoms with E-state index in [0.717, 1.165) is 10.5 Å². The highest BCUT2D eigenvalue weighted by molar-refractivity contribution is 9.08. The normalized spacial score (nSPS) is 11.6. The summed E-state index contributed by atoms with van der Waals surface area (Å²) < 4.78 is 37.1. The van der Waals surface area contributed by atoms with Gasteiger partial charge in [0.1, 0.15) is 6.54 Å². The third kappa shape index (κ3) is 4.89. The van der Waals surface area contributed by atoms with Crippen LogP contribution in [0.3, 0.4) is 0 Å². The summed E-state index contributed by atoms with van der Waals surface area (Å²) in [6.45, 7) is 1.08. The van der Waals surface area contributed by atoms with Gasteiger partial charge in [-0.3, -0.25) is 0 Å². The molecule has 0 aliphatic heterocycles. The van der Waals surface area contributed by atoms with Crippen LogP contribution in [0.15, 0.2) is 12.4 Å². The topological polar surface area (TPSA) is 29.0 Å². The molecule has 0 aromatic carbocycles. The van der Waals surface area contributed by atoms with Crippen molar-refractivity contribution in [3.63, 3.8) is 0 Å². The second kappa shape index (κ2) is 6.18. The Morgan fingerprint density at radius 1 is 1.29 bits per heavy atom. The highest BCUT2D eigenvalue weighted by Gasteiger charge is 2.31. The van der Waals surface area contributed by atoms with Gasteiger partial charge in [-0.2, -0.15) is 13.2 Å². The van der Waals surface area contributed by atoms with Gasteiger partial charge in [0.25, 0.3) is 0 Å². The number of rotatable bonds is 5. The molecule has 1 aromatic heterocycles. The van der Waals surface area contributed by atoms with Gasteiger partial charge in [-0.1, -0.05) is 22.9 Å². The SMILES string of the molecule is CCCN(CC(F)(F)F)c1ncc(CBr)cn1. The predicted octanol–water partition coefficient (Wildman–Crippen LogP) is 3.15. The third-order valence-corrected chi connectivity index (χ3v) is 2.64. The number of hydrogen-bond donors (Lipinski definition) is 0. The van der Waals surface area contributed by atoms with Gasteiger partial charge in [0.05, 0.1) is 0 Å². The molecule has 0 aliphatic rings. The zero-order valence-corrected chi connectivity index (χ0v) is 10.9. The Hall–Kier alpha value is -0.850. The highest BCUT2D eigenvalue weighted by atomic mass is 79.9. The minimum absolute atomic E-state index is 0.119. The molecule has 0 amide bonds. The van der Waals surface area contributed by atoms with Crippen LogP contribution in [0.5, 0.6) is 0 Å². The largest absolute Gasteiger partial charge is 0.406 e. The molecule has 0 atom stereocenters. The quantitative estimate of drug-likeness (QED) is 0.782. The van der Waals surface area contributed by atoms with Crippen LogP contribution in [-0.2, 0) is 5.33 Å². The number of anilines is 1. The molecular weight excluding hydrogens is 299 g/mol. The van der Waals surface area contributed by atoms with Crippen molar-refractivity contribution in [1.29, 1.82) is 0 Å². The van der Waals surface area contributed by atoms with Crippen LogP contribution in [0.1, 0.15) is 18.9 Å². The highest BCUT2D eigenvalue weighted by Crippen LogP contribution is 2.19. The van der Waals surface area contributed by atoms with E-state index < -0.39 is 12.7 Å². The zero-order valence-electron chi connectivity index (χ0n) is 9.34. The maximum absolute atomic E-state index is 12.4. The third-order valence-electron chi connectivity index (χ3n) is 1.99. The zero-order chi connectivity index (χ0) is 12.9. The molecule has 0 unspecified atom stereocenters. The van der Waals surface area contributed by atoms with Crippen LogP contribution < -0.4 is 4.90 Å². The van der Waals surface area contributed by atoms with Crippen molar-refractivity contribution in [2.75, 3.05) is 18.0 Å². The predicted molar refractivity (Wildman–Crippen MR) is 63.2 cm³/mol. The number of aromatic nitrogens is 2. The summed E-state index contributed by atoms with van der Waals surface area (Å²) in [6, 6.07) is 0. The number of hydrogen-bond acceptors (Lipinski definition) is 3. The molecular formula is C10H13BrF3N3. The van der Waals surface area contributed by atoms with E-state index in [-0.39, 0.29) is 12.5 Å². The second-order valence-corrected chi connectivity index (χ2v) is 4.12. The molecule has 0 N–H and O–H groups in total. The maximum Gasteiger partial charge on any atom is 0.406 e. The Labute approximate surface area is 106 Å². The van der Waals surface area contributed by atoms with Crippen LogP contribution in [-0.4, -0.2) is 29.2 Å². The average molecular weight is 312 g/mol. The summed E-state index contributed by atoms with van der Waals surface area (Å²) in [6.07, 6.45) is -0.585. The summed E-state index contributed by atoms with van der Waals surface area (Å²) in [4.78, 5) is 9.01. The lowest BCUT2D eigenvalue weighted by molar-refractivity contribution is -0.119. The maximum atomic E-state index is 12.4. The number of alkyl halides is 4. The van der Waals surface area contributed by atoms with Crippen molar-refractivity contribution < 1.29 is 13.2 Å². The molecule has 0 aliphatic carbocycles. The second-order valence-electron chi connectivity index (χ2n) is 3.56. The first kappa shape index (κ1) is 14.2. The lowest BCUT2D eigenvalue weighted by Gasteiger charge is -2.23. The smallest absolute Gasteiger partial charge is 0.332 e. The number of nitrogens with zero attached hydrogens (tertiary/aromatic N) is 3. The van der Waals surface area contributed by atoms with Crippen molar-refractivity contribution in [2.45, 2.75) is 24.9 Å². The van der Waals surface area contributed by atoms with Crippen molar-refractivity contribution in [1.82, 2.24) is 9.97 Å². The molecule has 1 aromatic rings. The monoisotopic (exact) mass is 311 g/mol. The summed E-state index contributed by atoms with van der Waals surface area (Å²) >= 11 is 3.23. The van der Waals surface area contributed by atoms with Gasteiger partial charge in [-0.05, 0) is 12.0 Å². The Morgan fingerprint density at radius 3 is 2.29 bits per heavy atom. The average Bonchev–Trinajstić information content (AvgIpc) is 2.27. The Balaban J connectivity index is 2.81. The van der Waals surface area contributed by atoms with Crippen LogP contribution >= 0.6 is 15.9 Å². The first-order valence-electron chi connectivity index (χ1n) is 5.15. The van der Waals surface area contributed by atoms with Crippen molar-refractivity contribution in [3.05, 3.63) is 18.0 Å². The Bertz CT molecular complexity index is 340. The van der Waals surface area contributed by atoms with E-state index in [1.165, 1.54) is 12.4 Å². The van der Waals surface area contributed by atoms with Crippen LogP contribution in [0, 0.1) is 0 Å². The van der Waals surface area contributed by atoms with Crippen molar-refractivity contribution in [2.24, 2.45) is 0 Å². The van der Waals surface area contributed by atoms with E-state index in [1.54, 1.807) is 0 Å². The lowest BCUT2D eigenvalue weighted by Crippen LogP contribution is -2.36. The molecule has 1 heterocycles. The minimum atomic E-state index is -4.24. The van der Waals surface area contributed by atoms with Gasteiger partial charge in [0.2, 0.25) is 5.95 Å². The van der Waals surface area contributed by atoms with Gasteiger partial charge in [0, 0.05) is 24.3 Å². The summed E-state index contributed by atoms with van der Waals surface area (Å²) in [5.41, 5.74) is 0.831. The molecule has 0 radical (unpaired) electrons. The van der Waals surface area contributed by atoms with Gasteiger partial charge in [-0.15, -0.1) is 0 Å². The molecule has 0 spiro atoms. The summed E-state index contributed by atoms with van der Waals surface area (Å²) in [5, 5.41) is 0.584. The lowest BCUT2D eigenvalue weighted by atomic mass is 10.4. The van der Waals surface area contributed by atoms with E-state index in [2.05, 4.69) is 25.9 Å². The fourth-order valence-corrected chi connectivity index (χ4v) is 1.61. The van der Waals surface area contributed by atoms with Crippen LogP contribution in [0.4, 0.5) is 19.1 Å². The fourth-order valence-electron chi connectivity index (χ4n) is 1.32. The summed E-state index contributed by atoms with van der Waals surface area (Å²) in [5.74, 6) is 0.119. The van der Waals surface area contributed by atoms with E-state index in [0.29, 0.717) is 11.8 Å². The number of halogens is 4. The molecule has 0 saturated heterocycles.